The summed E-state index contributed by atoms with van der Waals surface area (Å²) in [4.78, 5) is 39.6. The predicted molar refractivity (Wildman–Crippen MR) is 105 cm³/mol. The van der Waals surface area contributed by atoms with Crippen LogP contribution in [0.2, 0.25) is 0 Å². The summed E-state index contributed by atoms with van der Waals surface area (Å²) in [5.74, 6) is -0.910. The second-order valence-corrected chi connectivity index (χ2v) is 6.89. The molecule has 0 aliphatic carbocycles. The number of likely N-dealkylation sites (N-methyl/N-ethyl adjacent to an activating group) is 1. The molecular formula is C21H24N4O3. The molecule has 7 nitrogen and oxygen atoms in total. The van der Waals surface area contributed by atoms with Crippen LogP contribution < -0.4 is 10.7 Å². The van der Waals surface area contributed by atoms with Crippen molar-refractivity contribution in [1.29, 1.82) is 0 Å². The molecule has 2 aromatic carbocycles. The Balaban J connectivity index is 1.66. The molecule has 146 valence electrons. The van der Waals surface area contributed by atoms with Crippen LogP contribution in [0.3, 0.4) is 0 Å². The highest BCUT2D eigenvalue weighted by Gasteiger charge is 2.52. The Morgan fingerprint density at radius 3 is 2.29 bits per heavy atom. The fourth-order valence-electron chi connectivity index (χ4n) is 3.39. The first-order valence-corrected chi connectivity index (χ1v) is 9.20. The summed E-state index contributed by atoms with van der Waals surface area (Å²) in [6.45, 7) is 2.46. The highest BCUT2D eigenvalue weighted by molar-refractivity contribution is 6.08. The average molecular weight is 380 g/mol. The number of hydrogen-bond acceptors (Lipinski definition) is 4. The zero-order chi connectivity index (χ0) is 20.1. The summed E-state index contributed by atoms with van der Waals surface area (Å²) < 4.78 is 0. The molecule has 0 bridgehead atoms. The molecule has 1 aliphatic heterocycles. The van der Waals surface area contributed by atoms with Crippen molar-refractivity contribution in [3.8, 4) is 0 Å². The molecule has 1 saturated heterocycles. The van der Waals surface area contributed by atoms with Gasteiger partial charge in [-0.2, -0.15) is 5.01 Å². The Morgan fingerprint density at radius 1 is 1.07 bits per heavy atom. The van der Waals surface area contributed by atoms with Gasteiger partial charge in [0.05, 0.1) is 6.54 Å². The van der Waals surface area contributed by atoms with Crippen LogP contribution in [0.4, 0.5) is 4.79 Å². The maximum Gasteiger partial charge on any atom is 0.344 e. The zero-order valence-electron chi connectivity index (χ0n) is 16.0. The number of nitrogens with one attached hydrogen (secondary N) is 2. The first-order valence-electron chi connectivity index (χ1n) is 9.20. The molecule has 3 rings (SSSR count). The number of hydrazine groups is 1. The normalized spacial score (nSPS) is 19.0. The number of rotatable bonds is 7. The first-order chi connectivity index (χ1) is 13.5. The second-order valence-electron chi connectivity index (χ2n) is 6.89. The van der Waals surface area contributed by atoms with Gasteiger partial charge in [-0.1, -0.05) is 67.6 Å². The van der Waals surface area contributed by atoms with E-state index in [-0.39, 0.29) is 6.54 Å². The van der Waals surface area contributed by atoms with E-state index in [9.17, 15) is 14.4 Å². The molecule has 4 amide bonds. The van der Waals surface area contributed by atoms with E-state index in [2.05, 4.69) is 10.7 Å². The fraction of sp³-hybridized carbons (Fsp3) is 0.286. The van der Waals surface area contributed by atoms with Crippen molar-refractivity contribution in [2.75, 3.05) is 13.6 Å². The fourth-order valence-corrected chi connectivity index (χ4v) is 3.39. The Bertz CT molecular complexity index is 856. The third-order valence-corrected chi connectivity index (χ3v) is 4.83. The minimum Gasteiger partial charge on any atom is -0.318 e. The van der Waals surface area contributed by atoms with Crippen molar-refractivity contribution in [1.82, 2.24) is 20.7 Å². The van der Waals surface area contributed by atoms with Gasteiger partial charge in [0.15, 0.2) is 0 Å². The summed E-state index contributed by atoms with van der Waals surface area (Å²) >= 11 is 0. The SMILES string of the molecule is CC[C@@]1(c2ccccc2)NC(=O)N(NC(=O)CN(C)Cc2ccccc2)C1=O. The Kier molecular flexibility index (Phi) is 5.75. The van der Waals surface area contributed by atoms with E-state index in [0.29, 0.717) is 18.5 Å². The van der Waals surface area contributed by atoms with Crippen molar-refractivity contribution in [2.24, 2.45) is 0 Å². The highest BCUT2D eigenvalue weighted by Crippen LogP contribution is 2.31. The van der Waals surface area contributed by atoms with Crippen molar-refractivity contribution in [3.63, 3.8) is 0 Å². The molecule has 28 heavy (non-hydrogen) atoms. The van der Waals surface area contributed by atoms with Gasteiger partial charge in [-0.05, 0) is 24.6 Å². The van der Waals surface area contributed by atoms with Crippen LogP contribution in [0.15, 0.2) is 60.7 Å². The van der Waals surface area contributed by atoms with Gasteiger partial charge in [-0.25, -0.2) is 4.79 Å². The third-order valence-electron chi connectivity index (χ3n) is 4.83. The number of carbonyl (C=O) groups is 3. The van der Waals surface area contributed by atoms with Crippen LogP contribution in [0.25, 0.3) is 0 Å². The van der Waals surface area contributed by atoms with Crippen molar-refractivity contribution in [3.05, 3.63) is 71.8 Å². The van der Waals surface area contributed by atoms with E-state index in [1.807, 2.05) is 60.4 Å². The molecule has 0 spiro atoms. The lowest BCUT2D eigenvalue weighted by Gasteiger charge is -2.25. The smallest absolute Gasteiger partial charge is 0.318 e. The average Bonchev–Trinajstić information content (AvgIpc) is 2.94. The highest BCUT2D eigenvalue weighted by atomic mass is 16.2. The van der Waals surface area contributed by atoms with E-state index in [1.54, 1.807) is 19.2 Å². The number of hydrogen-bond donors (Lipinski definition) is 2. The summed E-state index contributed by atoms with van der Waals surface area (Å²) in [5, 5.41) is 3.53. The van der Waals surface area contributed by atoms with E-state index in [0.717, 1.165) is 10.6 Å². The number of urea groups is 1. The van der Waals surface area contributed by atoms with Gasteiger partial charge < -0.3 is 5.32 Å². The molecule has 0 radical (unpaired) electrons. The van der Waals surface area contributed by atoms with Gasteiger partial charge in [-0.15, -0.1) is 0 Å². The quantitative estimate of drug-likeness (QED) is 0.720. The molecule has 1 fully saturated rings. The van der Waals surface area contributed by atoms with Crippen LogP contribution >= 0.6 is 0 Å². The van der Waals surface area contributed by atoms with Crippen LogP contribution in [-0.2, 0) is 21.7 Å². The summed E-state index contributed by atoms with van der Waals surface area (Å²) in [6.07, 6.45) is 0.377. The topological polar surface area (TPSA) is 81.8 Å². The standard InChI is InChI=1S/C21H24N4O3/c1-3-21(17-12-8-5-9-13-17)19(27)25(20(28)22-21)23-18(26)15-24(2)14-16-10-6-4-7-11-16/h4-13H,3,14-15H2,1-2H3,(H,22,28)(H,23,26)/t21-/m0/s1. The number of amides is 4. The molecule has 1 heterocycles. The second kappa shape index (κ2) is 8.22. The third kappa shape index (κ3) is 3.89. The van der Waals surface area contributed by atoms with E-state index >= 15 is 0 Å². The van der Waals surface area contributed by atoms with Crippen LogP contribution in [0.1, 0.15) is 24.5 Å². The summed E-state index contributed by atoms with van der Waals surface area (Å²) in [7, 11) is 1.80. The minimum atomic E-state index is -1.17. The van der Waals surface area contributed by atoms with Crippen LogP contribution in [0, 0.1) is 0 Å². The molecular weight excluding hydrogens is 356 g/mol. The first kappa shape index (κ1) is 19.6. The Hall–Kier alpha value is -3.19. The van der Waals surface area contributed by atoms with Gasteiger partial charge in [-0.3, -0.25) is 19.9 Å². The zero-order valence-corrected chi connectivity index (χ0v) is 16.0. The molecule has 0 unspecified atom stereocenters. The van der Waals surface area contributed by atoms with Gasteiger partial charge >= 0.3 is 6.03 Å². The Morgan fingerprint density at radius 2 is 1.68 bits per heavy atom. The van der Waals surface area contributed by atoms with E-state index in [4.69, 9.17) is 0 Å². The number of carbonyl (C=O) groups excluding carboxylic acids is 3. The molecule has 1 atom stereocenters. The van der Waals surface area contributed by atoms with Crippen LogP contribution in [-0.4, -0.2) is 41.3 Å². The van der Waals surface area contributed by atoms with Gasteiger partial charge in [0, 0.05) is 6.54 Å². The number of imide groups is 1. The lowest BCUT2D eigenvalue weighted by Crippen LogP contribution is -2.50. The number of nitrogens with zero attached hydrogens (tertiary/aromatic N) is 2. The van der Waals surface area contributed by atoms with Gasteiger partial charge in [0.1, 0.15) is 5.54 Å². The molecule has 0 aromatic heterocycles. The number of benzene rings is 2. The predicted octanol–water partition coefficient (Wildman–Crippen LogP) is 2.01. The Labute approximate surface area is 164 Å². The largest absolute Gasteiger partial charge is 0.344 e. The molecule has 0 saturated carbocycles. The summed E-state index contributed by atoms with van der Waals surface area (Å²) in [5.41, 5.74) is 3.04. The molecule has 2 N–H and O–H groups in total. The lowest BCUT2D eigenvalue weighted by molar-refractivity contribution is -0.139. The van der Waals surface area contributed by atoms with Gasteiger partial charge in [0.2, 0.25) is 0 Å². The van der Waals surface area contributed by atoms with Crippen molar-refractivity contribution < 1.29 is 14.4 Å². The monoisotopic (exact) mass is 380 g/mol. The van der Waals surface area contributed by atoms with Crippen molar-refractivity contribution >= 4 is 17.8 Å². The van der Waals surface area contributed by atoms with Crippen LogP contribution in [0.5, 0.6) is 0 Å². The maximum absolute atomic E-state index is 13.0. The van der Waals surface area contributed by atoms with E-state index in [1.165, 1.54) is 0 Å². The summed E-state index contributed by atoms with van der Waals surface area (Å²) in [6, 6.07) is 18.2. The molecule has 1 aliphatic rings. The minimum absolute atomic E-state index is 0.0520. The molecule has 2 aromatic rings. The van der Waals surface area contributed by atoms with E-state index < -0.39 is 23.4 Å². The lowest BCUT2D eigenvalue weighted by atomic mass is 9.87. The van der Waals surface area contributed by atoms with Crippen molar-refractivity contribution in [2.45, 2.75) is 25.4 Å². The maximum atomic E-state index is 13.0. The van der Waals surface area contributed by atoms with Gasteiger partial charge in [0.25, 0.3) is 11.8 Å². The molecule has 7 heteroatoms.